The highest BCUT2D eigenvalue weighted by Crippen LogP contribution is 2.21. The highest BCUT2D eigenvalue weighted by molar-refractivity contribution is 7.13. The molecule has 0 radical (unpaired) electrons. The second-order valence-electron chi connectivity index (χ2n) is 5.23. The molecular formula is C17H16N4O3S. The minimum Gasteiger partial charge on any atom is -0.350 e. The Balaban J connectivity index is 1.47. The van der Waals surface area contributed by atoms with Crippen molar-refractivity contribution in [3.8, 4) is 10.7 Å². The van der Waals surface area contributed by atoms with Gasteiger partial charge in [-0.2, -0.15) is 4.98 Å². The molecule has 0 unspecified atom stereocenters. The van der Waals surface area contributed by atoms with Crippen LogP contribution in [0.1, 0.15) is 26.6 Å². The van der Waals surface area contributed by atoms with Crippen LogP contribution in [-0.4, -0.2) is 35.0 Å². The Hall–Kier alpha value is -3.00. The molecule has 0 saturated carbocycles. The third-order valence-electron chi connectivity index (χ3n) is 3.45. The van der Waals surface area contributed by atoms with Crippen LogP contribution < -0.4 is 10.6 Å². The molecule has 0 bridgehead atoms. The van der Waals surface area contributed by atoms with E-state index in [9.17, 15) is 9.59 Å². The lowest BCUT2D eigenvalue weighted by molar-refractivity contribution is 0.0898. The maximum atomic E-state index is 12.1. The summed E-state index contributed by atoms with van der Waals surface area (Å²) in [7, 11) is 0. The van der Waals surface area contributed by atoms with Crippen LogP contribution in [0.4, 0.5) is 0 Å². The maximum Gasteiger partial charge on any atom is 0.316 e. The lowest BCUT2D eigenvalue weighted by Crippen LogP contribution is -2.35. The highest BCUT2D eigenvalue weighted by Gasteiger charge is 2.16. The van der Waals surface area contributed by atoms with Gasteiger partial charge in [0.25, 0.3) is 5.91 Å². The summed E-state index contributed by atoms with van der Waals surface area (Å²) in [5.41, 5.74) is 1.52. The lowest BCUT2D eigenvalue weighted by atomic mass is 10.1. The summed E-state index contributed by atoms with van der Waals surface area (Å²) in [5, 5.41) is 11.1. The predicted molar refractivity (Wildman–Crippen MR) is 93.5 cm³/mol. The third-order valence-corrected chi connectivity index (χ3v) is 4.31. The van der Waals surface area contributed by atoms with E-state index < -0.39 is 5.91 Å². The number of aryl methyl sites for hydroxylation is 1. The van der Waals surface area contributed by atoms with Crippen molar-refractivity contribution in [2.45, 2.75) is 6.92 Å². The number of hydrogen-bond donors (Lipinski definition) is 2. The molecule has 7 nitrogen and oxygen atoms in total. The van der Waals surface area contributed by atoms with Crippen molar-refractivity contribution >= 4 is 23.2 Å². The fourth-order valence-corrected chi connectivity index (χ4v) is 2.82. The molecule has 0 atom stereocenters. The van der Waals surface area contributed by atoms with Gasteiger partial charge in [0.15, 0.2) is 0 Å². The second kappa shape index (κ2) is 7.71. The van der Waals surface area contributed by atoms with Crippen LogP contribution in [0.15, 0.2) is 46.3 Å². The zero-order valence-electron chi connectivity index (χ0n) is 13.5. The summed E-state index contributed by atoms with van der Waals surface area (Å²) in [6.07, 6.45) is 0. The highest BCUT2D eigenvalue weighted by atomic mass is 32.1. The van der Waals surface area contributed by atoms with Crippen molar-refractivity contribution < 1.29 is 14.1 Å². The zero-order chi connectivity index (χ0) is 17.6. The molecule has 1 aromatic carbocycles. The molecule has 0 saturated heterocycles. The Morgan fingerprint density at radius 2 is 1.84 bits per heavy atom. The number of amides is 2. The van der Waals surface area contributed by atoms with Crippen molar-refractivity contribution in [2.24, 2.45) is 0 Å². The van der Waals surface area contributed by atoms with E-state index in [-0.39, 0.29) is 18.3 Å². The molecule has 0 aliphatic heterocycles. The summed E-state index contributed by atoms with van der Waals surface area (Å²) in [4.78, 5) is 28.9. The molecule has 25 heavy (non-hydrogen) atoms. The van der Waals surface area contributed by atoms with Gasteiger partial charge in [-0.25, -0.2) is 0 Å². The molecule has 0 aliphatic rings. The summed E-state index contributed by atoms with van der Waals surface area (Å²) in [6.45, 7) is 2.43. The molecule has 0 fully saturated rings. The van der Waals surface area contributed by atoms with Crippen molar-refractivity contribution in [1.82, 2.24) is 20.8 Å². The molecule has 2 heterocycles. The van der Waals surface area contributed by atoms with Crippen molar-refractivity contribution in [3.05, 3.63) is 58.8 Å². The van der Waals surface area contributed by atoms with E-state index >= 15 is 0 Å². The van der Waals surface area contributed by atoms with Gasteiger partial charge in [0.2, 0.25) is 5.82 Å². The molecule has 0 aliphatic carbocycles. The first kappa shape index (κ1) is 16.8. The normalized spacial score (nSPS) is 10.4. The zero-order valence-corrected chi connectivity index (χ0v) is 14.3. The fourth-order valence-electron chi connectivity index (χ4n) is 2.17. The van der Waals surface area contributed by atoms with Gasteiger partial charge in [-0.05, 0) is 30.0 Å². The average Bonchev–Trinajstić information content (AvgIpc) is 3.29. The average molecular weight is 356 g/mol. The number of nitrogens with zero attached hydrogens (tertiary/aromatic N) is 2. The Kier molecular flexibility index (Phi) is 5.20. The standard InChI is InChI=1S/C17H16N4O3S/c1-11-5-2-3-6-12(11)15(22)18-8-9-19-16(23)17-20-14(21-24-17)13-7-4-10-25-13/h2-7,10H,8-9H2,1H3,(H,18,22)(H,19,23). The number of thiophene rings is 1. The number of aromatic nitrogens is 2. The quantitative estimate of drug-likeness (QED) is 0.660. The van der Waals surface area contributed by atoms with Gasteiger partial charge in [-0.15, -0.1) is 11.3 Å². The van der Waals surface area contributed by atoms with Gasteiger partial charge in [0, 0.05) is 18.7 Å². The number of carbonyl (C=O) groups is 2. The number of nitrogens with one attached hydrogen (secondary N) is 2. The van der Waals surface area contributed by atoms with Crippen LogP contribution in [0, 0.1) is 6.92 Å². The van der Waals surface area contributed by atoms with E-state index in [2.05, 4.69) is 20.8 Å². The van der Waals surface area contributed by atoms with E-state index in [1.165, 1.54) is 11.3 Å². The van der Waals surface area contributed by atoms with Gasteiger partial charge in [0.05, 0.1) is 4.88 Å². The molecule has 8 heteroatoms. The van der Waals surface area contributed by atoms with Crippen molar-refractivity contribution in [1.29, 1.82) is 0 Å². The van der Waals surface area contributed by atoms with Gasteiger partial charge >= 0.3 is 11.8 Å². The molecule has 2 N–H and O–H groups in total. The van der Waals surface area contributed by atoms with Crippen LogP contribution in [0.5, 0.6) is 0 Å². The van der Waals surface area contributed by atoms with E-state index in [1.807, 2.05) is 42.6 Å². The van der Waals surface area contributed by atoms with E-state index in [1.54, 1.807) is 6.07 Å². The topological polar surface area (TPSA) is 97.1 Å². The summed E-state index contributed by atoms with van der Waals surface area (Å²) in [6, 6.07) is 11.0. The Morgan fingerprint density at radius 1 is 1.08 bits per heavy atom. The van der Waals surface area contributed by atoms with Crippen LogP contribution in [0.2, 0.25) is 0 Å². The number of benzene rings is 1. The third kappa shape index (κ3) is 4.10. The molecule has 128 valence electrons. The van der Waals surface area contributed by atoms with E-state index in [0.717, 1.165) is 10.4 Å². The first-order chi connectivity index (χ1) is 12.1. The summed E-state index contributed by atoms with van der Waals surface area (Å²) >= 11 is 1.46. The number of hydrogen-bond acceptors (Lipinski definition) is 6. The van der Waals surface area contributed by atoms with Gasteiger partial charge < -0.3 is 15.2 Å². The first-order valence-corrected chi connectivity index (χ1v) is 8.53. The Labute approximate surface area is 148 Å². The molecule has 2 aromatic heterocycles. The monoisotopic (exact) mass is 356 g/mol. The van der Waals surface area contributed by atoms with Crippen LogP contribution in [-0.2, 0) is 0 Å². The minimum absolute atomic E-state index is 0.103. The van der Waals surface area contributed by atoms with Crippen LogP contribution >= 0.6 is 11.3 Å². The van der Waals surface area contributed by atoms with Crippen LogP contribution in [0.3, 0.4) is 0 Å². The summed E-state index contributed by atoms with van der Waals surface area (Å²) < 4.78 is 4.96. The van der Waals surface area contributed by atoms with Crippen molar-refractivity contribution in [2.75, 3.05) is 13.1 Å². The van der Waals surface area contributed by atoms with Gasteiger partial charge in [0.1, 0.15) is 0 Å². The van der Waals surface area contributed by atoms with E-state index in [0.29, 0.717) is 17.9 Å². The van der Waals surface area contributed by atoms with Gasteiger partial charge in [-0.1, -0.05) is 29.4 Å². The van der Waals surface area contributed by atoms with E-state index in [4.69, 9.17) is 4.52 Å². The molecular weight excluding hydrogens is 340 g/mol. The maximum absolute atomic E-state index is 12.1. The Bertz CT molecular complexity index is 874. The van der Waals surface area contributed by atoms with Gasteiger partial charge in [-0.3, -0.25) is 9.59 Å². The smallest absolute Gasteiger partial charge is 0.316 e. The number of rotatable bonds is 6. The molecule has 2 amide bonds. The molecule has 0 spiro atoms. The SMILES string of the molecule is Cc1ccccc1C(=O)NCCNC(=O)c1nc(-c2cccs2)no1. The largest absolute Gasteiger partial charge is 0.350 e. The predicted octanol–water partition coefficient (Wildman–Crippen LogP) is 2.27. The van der Waals surface area contributed by atoms with Crippen LogP contribution in [0.25, 0.3) is 10.7 Å². The van der Waals surface area contributed by atoms with Crippen molar-refractivity contribution in [3.63, 3.8) is 0 Å². The first-order valence-electron chi connectivity index (χ1n) is 7.65. The lowest BCUT2D eigenvalue weighted by Gasteiger charge is -2.07. The second-order valence-corrected chi connectivity index (χ2v) is 6.17. The minimum atomic E-state index is -0.472. The molecule has 3 aromatic rings. The summed E-state index contributed by atoms with van der Waals surface area (Å²) in [5.74, 6) is -0.368. The fraction of sp³-hybridized carbons (Fsp3) is 0.176. The molecule has 3 rings (SSSR count). The Morgan fingerprint density at radius 3 is 2.56 bits per heavy atom. The number of carbonyl (C=O) groups excluding carboxylic acids is 2.